The molecule has 0 bridgehead atoms. The number of carbonyl (C=O) groups is 2. The van der Waals surface area contributed by atoms with E-state index >= 15 is 0 Å². The number of nitrogens with zero attached hydrogens (tertiary/aromatic N) is 1. The van der Waals surface area contributed by atoms with Gasteiger partial charge in [-0.2, -0.15) is 0 Å². The Hall–Kier alpha value is -2.12. The SMILES string of the molecule is CCOc1c(Br)cc(C=C2NC(=O)N(c3ccccc3)C2=O)cc1Br. The maximum atomic E-state index is 12.6. The molecular formula is C18H14Br2N2O3. The molecule has 0 spiro atoms. The Bertz CT molecular complexity index is 843. The number of rotatable bonds is 4. The van der Waals surface area contributed by atoms with Crippen LogP contribution in [0, 0.1) is 0 Å². The Kier molecular flexibility index (Phi) is 5.24. The van der Waals surface area contributed by atoms with Gasteiger partial charge in [0.05, 0.1) is 21.2 Å². The third-order valence-corrected chi connectivity index (χ3v) is 4.69. The van der Waals surface area contributed by atoms with Crippen LogP contribution in [-0.2, 0) is 4.79 Å². The molecule has 1 N–H and O–H groups in total. The van der Waals surface area contributed by atoms with Crippen molar-refractivity contribution in [2.45, 2.75) is 6.92 Å². The van der Waals surface area contributed by atoms with Crippen molar-refractivity contribution in [1.82, 2.24) is 5.32 Å². The highest BCUT2D eigenvalue weighted by Crippen LogP contribution is 2.35. The van der Waals surface area contributed by atoms with Gasteiger partial charge in [0.1, 0.15) is 11.4 Å². The van der Waals surface area contributed by atoms with Gasteiger partial charge >= 0.3 is 6.03 Å². The molecule has 5 nitrogen and oxygen atoms in total. The minimum Gasteiger partial charge on any atom is -0.492 e. The van der Waals surface area contributed by atoms with Crippen LogP contribution in [0.2, 0.25) is 0 Å². The molecule has 128 valence electrons. The van der Waals surface area contributed by atoms with Gasteiger partial charge in [-0.25, -0.2) is 9.69 Å². The van der Waals surface area contributed by atoms with Crippen LogP contribution >= 0.6 is 31.9 Å². The largest absolute Gasteiger partial charge is 0.492 e. The standard InChI is InChI=1S/C18H14Br2N2O3/c1-2-25-16-13(19)8-11(9-14(16)20)10-15-17(23)22(18(24)21-15)12-6-4-3-5-7-12/h3-10H,2H2,1H3,(H,21,24). The molecular weight excluding hydrogens is 452 g/mol. The lowest BCUT2D eigenvalue weighted by atomic mass is 10.2. The Morgan fingerprint density at radius 2 is 1.76 bits per heavy atom. The molecule has 1 aliphatic rings. The van der Waals surface area contributed by atoms with Crippen LogP contribution in [0.25, 0.3) is 6.08 Å². The molecule has 7 heteroatoms. The maximum absolute atomic E-state index is 12.6. The zero-order valence-corrected chi connectivity index (χ0v) is 16.4. The van der Waals surface area contributed by atoms with Crippen molar-refractivity contribution in [3.63, 3.8) is 0 Å². The summed E-state index contributed by atoms with van der Waals surface area (Å²) < 4.78 is 7.06. The van der Waals surface area contributed by atoms with Crippen LogP contribution in [0.15, 0.2) is 57.1 Å². The maximum Gasteiger partial charge on any atom is 0.333 e. The summed E-state index contributed by atoms with van der Waals surface area (Å²) >= 11 is 6.91. The Morgan fingerprint density at radius 1 is 1.12 bits per heavy atom. The smallest absolute Gasteiger partial charge is 0.333 e. The lowest BCUT2D eigenvalue weighted by Gasteiger charge is -2.11. The van der Waals surface area contributed by atoms with E-state index in [0.717, 1.165) is 19.4 Å². The molecule has 25 heavy (non-hydrogen) atoms. The van der Waals surface area contributed by atoms with E-state index in [1.807, 2.05) is 25.1 Å². The molecule has 0 unspecified atom stereocenters. The van der Waals surface area contributed by atoms with E-state index in [2.05, 4.69) is 37.2 Å². The van der Waals surface area contributed by atoms with Gasteiger partial charge < -0.3 is 10.1 Å². The average molecular weight is 466 g/mol. The number of carbonyl (C=O) groups excluding carboxylic acids is 2. The summed E-state index contributed by atoms with van der Waals surface area (Å²) in [5.41, 5.74) is 1.50. The molecule has 2 aromatic carbocycles. The summed E-state index contributed by atoms with van der Waals surface area (Å²) in [6, 6.07) is 12.0. The van der Waals surface area contributed by atoms with Gasteiger partial charge in [-0.15, -0.1) is 0 Å². The first-order chi connectivity index (χ1) is 12.0. The van der Waals surface area contributed by atoms with Gasteiger partial charge in [0, 0.05) is 0 Å². The van der Waals surface area contributed by atoms with E-state index in [4.69, 9.17) is 4.74 Å². The second-order valence-corrected chi connectivity index (χ2v) is 6.92. The van der Waals surface area contributed by atoms with Gasteiger partial charge in [0.2, 0.25) is 0 Å². The highest BCUT2D eigenvalue weighted by atomic mass is 79.9. The number of ether oxygens (including phenoxy) is 1. The van der Waals surface area contributed by atoms with Gasteiger partial charge in [0.15, 0.2) is 0 Å². The molecule has 1 heterocycles. The predicted molar refractivity (Wildman–Crippen MR) is 103 cm³/mol. The fourth-order valence-corrected chi connectivity index (χ4v) is 3.91. The average Bonchev–Trinajstić information content (AvgIpc) is 2.85. The molecule has 2 aromatic rings. The van der Waals surface area contributed by atoms with Crippen molar-refractivity contribution in [1.29, 1.82) is 0 Å². The molecule has 1 aliphatic heterocycles. The van der Waals surface area contributed by atoms with Crippen LogP contribution in [-0.4, -0.2) is 18.5 Å². The van der Waals surface area contributed by atoms with Crippen LogP contribution in [0.4, 0.5) is 10.5 Å². The molecule has 3 amide bonds. The number of halogens is 2. The molecule has 1 saturated heterocycles. The molecule has 3 rings (SSSR count). The lowest BCUT2D eigenvalue weighted by Crippen LogP contribution is -2.30. The summed E-state index contributed by atoms with van der Waals surface area (Å²) in [6.45, 7) is 2.44. The van der Waals surface area contributed by atoms with Crippen LogP contribution in [0.5, 0.6) is 5.75 Å². The van der Waals surface area contributed by atoms with E-state index in [1.165, 1.54) is 0 Å². The summed E-state index contributed by atoms with van der Waals surface area (Å²) in [4.78, 5) is 25.9. The predicted octanol–water partition coefficient (Wildman–Crippen LogP) is 4.71. The molecule has 0 atom stereocenters. The van der Waals surface area contributed by atoms with Crippen LogP contribution in [0.1, 0.15) is 12.5 Å². The van der Waals surface area contributed by atoms with Gasteiger partial charge in [-0.1, -0.05) is 18.2 Å². The number of amides is 3. The summed E-state index contributed by atoms with van der Waals surface area (Å²) in [5.74, 6) is 0.301. The van der Waals surface area contributed by atoms with Crippen molar-refractivity contribution >= 4 is 55.6 Å². The normalized spacial score (nSPS) is 15.6. The minimum atomic E-state index is -0.466. The Morgan fingerprint density at radius 3 is 2.36 bits per heavy atom. The van der Waals surface area contributed by atoms with Crippen molar-refractivity contribution in [2.75, 3.05) is 11.5 Å². The quantitative estimate of drug-likeness (QED) is 0.525. The lowest BCUT2D eigenvalue weighted by molar-refractivity contribution is -0.113. The fourth-order valence-electron chi connectivity index (χ4n) is 2.46. The third-order valence-electron chi connectivity index (χ3n) is 3.51. The van der Waals surface area contributed by atoms with Gasteiger partial charge in [-0.05, 0) is 74.7 Å². The zero-order valence-electron chi connectivity index (χ0n) is 13.3. The van der Waals surface area contributed by atoms with Crippen molar-refractivity contribution < 1.29 is 14.3 Å². The molecule has 0 radical (unpaired) electrons. The summed E-state index contributed by atoms with van der Waals surface area (Å²) in [5, 5.41) is 2.62. The van der Waals surface area contributed by atoms with E-state index in [1.54, 1.807) is 30.3 Å². The first-order valence-corrected chi connectivity index (χ1v) is 9.14. The first kappa shape index (κ1) is 17.7. The number of nitrogens with one attached hydrogen (secondary N) is 1. The number of hydrogen-bond acceptors (Lipinski definition) is 3. The molecule has 0 aliphatic carbocycles. The highest BCUT2D eigenvalue weighted by Gasteiger charge is 2.34. The van der Waals surface area contributed by atoms with Crippen LogP contribution < -0.4 is 15.0 Å². The number of anilines is 1. The van der Waals surface area contributed by atoms with E-state index in [9.17, 15) is 9.59 Å². The Balaban J connectivity index is 1.93. The number of para-hydroxylation sites is 1. The van der Waals surface area contributed by atoms with Gasteiger partial charge in [0.25, 0.3) is 5.91 Å². The monoisotopic (exact) mass is 464 g/mol. The molecule has 0 saturated carbocycles. The first-order valence-electron chi connectivity index (χ1n) is 7.55. The number of hydrogen-bond donors (Lipinski definition) is 1. The number of benzene rings is 2. The van der Waals surface area contributed by atoms with Crippen molar-refractivity contribution in [2.24, 2.45) is 0 Å². The van der Waals surface area contributed by atoms with E-state index < -0.39 is 11.9 Å². The molecule has 1 fully saturated rings. The van der Waals surface area contributed by atoms with E-state index in [-0.39, 0.29) is 5.70 Å². The minimum absolute atomic E-state index is 0.219. The van der Waals surface area contributed by atoms with Crippen molar-refractivity contribution in [3.05, 3.63) is 62.7 Å². The van der Waals surface area contributed by atoms with Gasteiger partial charge in [-0.3, -0.25) is 4.79 Å². The summed E-state index contributed by atoms with van der Waals surface area (Å²) in [6.07, 6.45) is 1.63. The zero-order chi connectivity index (χ0) is 18.0. The fraction of sp³-hybridized carbons (Fsp3) is 0.111. The summed E-state index contributed by atoms with van der Waals surface area (Å²) in [7, 11) is 0. The molecule has 0 aromatic heterocycles. The third kappa shape index (κ3) is 3.62. The van der Waals surface area contributed by atoms with E-state index in [0.29, 0.717) is 18.0 Å². The second-order valence-electron chi connectivity index (χ2n) is 5.21. The van der Waals surface area contributed by atoms with Crippen molar-refractivity contribution in [3.8, 4) is 5.75 Å². The highest BCUT2D eigenvalue weighted by molar-refractivity contribution is 9.11. The van der Waals surface area contributed by atoms with Crippen LogP contribution in [0.3, 0.4) is 0 Å². The number of urea groups is 1. The number of imide groups is 1. The Labute approximate surface area is 161 Å². The topological polar surface area (TPSA) is 58.6 Å². The second kappa shape index (κ2) is 7.41.